The van der Waals surface area contributed by atoms with E-state index in [0.29, 0.717) is 16.5 Å². The van der Waals surface area contributed by atoms with Gasteiger partial charge in [0, 0.05) is 22.8 Å². The van der Waals surface area contributed by atoms with Crippen molar-refractivity contribution in [3.63, 3.8) is 0 Å². The van der Waals surface area contributed by atoms with Crippen LogP contribution >= 0.6 is 11.6 Å². The van der Waals surface area contributed by atoms with Crippen LogP contribution in [0.15, 0.2) is 63.8 Å². The smallest absolute Gasteiger partial charge is 0.189 e. The Labute approximate surface area is 133 Å². The van der Waals surface area contributed by atoms with E-state index < -0.39 is 0 Å². The molecule has 0 saturated carbocycles. The molecule has 0 saturated heterocycles. The van der Waals surface area contributed by atoms with Crippen molar-refractivity contribution in [1.82, 2.24) is 0 Å². The van der Waals surface area contributed by atoms with Crippen molar-refractivity contribution < 1.29 is 4.42 Å². The molecule has 22 heavy (non-hydrogen) atoms. The Kier molecular flexibility index (Phi) is 3.12. The quantitative estimate of drug-likeness (QED) is 0.651. The van der Waals surface area contributed by atoms with Crippen molar-refractivity contribution >= 4 is 11.6 Å². The Morgan fingerprint density at radius 2 is 1.64 bits per heavy atom. The average molecular weight is 309 g/mol. The summed E-state index contributed by atoms with van der Waals surface area (Å²) in [5.74, 6) is 1.20. The van der Waals surface area contributed by atoms with E-state index in [1.807, 2.05) is 36.4 Å². The Bertz CT molecular complexity index is 925. The highest BCUT2D eigenvalue weighted by Gasteiger charge is 2.22. The second kappa shape index (κ2) is 5.15. The summed E-state index contributed by atoms with van der Waals surface area (Å²) < 4.78 is 6.09. The van der Waals surface area contributed by atoms with Crippen molar-refractivity contribution in [2.24, 2.45) is 0 Å². The van der Waals surface area contributed by atoms with Crippen LogP contribution in [-0.2, 0) is 12.8 Å². The monoisotopic (exact) mass is 308 g/mol. The second-order valence-corrected chi connectivity index (χ2v) is 5.83. The third kappa shape index (κ3) is 2.08. The number of hydrogen-bond acceptors (Lipinski definition) is 2. The first-order valence-corrected chi connectivity index (χ1v) is 7.62. The molecular formula is C19H13ClO2. The van der Waals surface area contributed by atoms with Gasteiger partial charge in [0.1, 0.15) is 11.5 Å². The Hall–Kier alpha value is -2.32. The number of benzene rings is 2. The standard InChI is InChI=1S/C19H13ClO2/c20-16-8-4-3-7-14(16)18-11-17(21)15-10-9-12-5-1-2-6-13(12)19(15)22-18/h1-8,11H,9-10H2. The number of rotatable bonds is 1. The molecule has 2 aromatic carbocycles. The second-order valence-electron chi connectivity index (χ2n) is 5.42. The maximum atomic E-state index is 12.5. The highest BCUT2D eigenvalue weighted by molar-refractivity contribution is 6.33. The van der Waals surface area contributed by atoms with Crippen LogP contribution in [0.4, 0.5) is 0 Å². The molecule has 0 unspecified atom stereocenters. The molecule has 0 aliphatic heterocycles. The normalized spacial score (nSPS) is 12.6. The van der Waals surface area contributed by atoms with Crippen molar-refractivity contribution in [2.75, 3.05) is 0 Å². The molecule has 0 amide bonds. The highest BCUT2D eigenvalue weighted by Crippen LogP contribution is 2.35. The molecule has 108 valence electrons. The largest absolute Gasteiger partial charge is 0.455 e. The Morgan fingerprint density at radius 3 is 2.45 bits per heavy atom. The third-order valence-electron chi connectivity index (χ3n) is 4.09. The zero-order valence-corrected chi connectivity index (χ0v) is 12.6. The van der Waals surface area contributed by atoms with Crippen LogP contribution in [0.3, 0.4) is 0 Å². The molecule has 1 aliphatic carbocycles. The van der Waals surface area contributed by atoms with E-state index in [1.165, 1.54) is 5.56 Å². The van der Waals surface area contributed by atoms with E-state index in [9.17, 15) is 4.79 Å². The van der Waals surface area contributed by atoms with Gasteiger partial charge in [-0.3, -0.25) is 4.79 Å². The molecule has 0 N–H and O–H groups in total. The van der Waals surface area contributed by atoms with E-state index in [0.717, 1.165) is 29.5 Å². The topological polar surface area (TPSA) is 30.2 Å². The molecule has 1 aromatic heterocycles. The summed E-state index contributed by atoms with van der Waals surface area (Å²) in [5, 5.41) is 0.578. The fraction of sp³-hybridized carbons (Fsp3) is 0.105. The zero-order chi connectivity index (χ0) is 15.1. The number of hydrogen-bond donors (Lipinski definition) is 0. The maximum absolute atomic E-state index is 12.5. The van der Waals surface area contributed by atoms with Crippen LogP contribution in [0.1, 0.15) is 11.1 Å². The van der Waals surface area contributed by atoms with Gasteiger partial charge < -0.3 is 4.42 Å². The first kappa shape index (κ1) is 13.4. The lowest BCUT2D eigenvalue weighted by molar-refractivity contribution is 0.566. The highest BCUT2D eigenvalue weighted by atomic mass is 35.5. The summed E-state index contributed by atoms with van der Waals surface area (Å²) in [6.07, 6.45) is 1.59. The molecule has 3 aromatic rings. The van der Waals surface area contributed by atoms with Crippen LogP contribution in [0.2, 0.25) is 5.02 Å². The third-order valence-corrected chi connectivity index (χ3v) is 4.42. The van der Waals surface area contributed by atoms with E-state index in [-0.39, 0.29) is 5.43 Å². The first-order chi connectivity index (χ1) is 10.7. The minimum Gasteiger partial charge on any atom is -0.455 e. The van der Waals surface area contributed by atoms with Crippen molar-refractivity contribution in [3.05, 3.63) is 81.0 Å². The van der Waals surface area contributed by atoms with Gasteiger partial charge in [0.2, 0.25) is 0 Å². The Balaban J connectivity index is 1.99. The lowest BCUT2D eigenvalue weighted by Crippen LogP contribution is -2.15. The molecule has 0 radical (unpaired) electrons. The number of halogens is 1. The van der Waals surface area contributed by atoms with E-state index in [2.05, 4.69) is 6.07 Å². The van der Waals surface area contributed by atoms with Gasteiger partial charge in [-0.05, 0) is 30.5 Å². The SMILES string of the molecule is O=c1cc(-c2ccccc2Cl)oc2c1CCc1ccccc1-2. The molecule has 3 heteroatoms. The summed E-state index contributed by atoms with van der Waals surface area (Å²) in [4.78, 5) is 12.5. The van der Waals surface area contributed by atoms with E-state index in [1.54, 1.807) is 12.1 Å². The predicted octanol–water partition coefficient (Wildman–Crippen LogP) is 4.73. The van der Waals surface area contributed by atoms with Crippen molar-refractivity contribution in [1.29, 1.82) is 0 Å². The van der Waals surface area contributed by atoms with Crippen LogP contribution in [0.25, 0.3) is 22.6 Å². The van der Waals surface area contributed by atoms with Crippen LogP contribution in [-0.4, -0.2) is 0 Å². The van der Waals surface area contributed by atoms with Gasteiger partial charge >= 0.3 is 0 Å². The Morgan fingerprint density at radius 1 is 0.909 bits per heavy atom. The molecule has 0 bridgehead atoms. The molecule has 0 atom stereocenters. The zero-order valence-electron chi connectivity index (χ0n) is 11.8. The average Bonchev–Trinajstić information content (AvgIpc) is 2.55. The molecule has 1 heterocycles. The first-order valence-electron chi connectivity index (χ1n) is 7.24. The number of aryl methyl sites for hydroxylation is 1. The van der Waals surface area contributed by atoms with Gasteiger partial charge in [-0.15, -0.1) is 0 Å². The molecule has 1 aliphatic rings. The van der Waals surface area contributed by atoms with E-state index in [4.69, 9.17) is 16.0 Å². The fourth-order valence-electron chi connectivity index (χ4n) is 2.99. The summed E-state index contributed by atoms with van der Waals surface area (Å²) in [5.41, 5.74) is 3.75. The minimum atomic E-state index is 0.0191. The van der Waals surface area contributed by atoms with E-state index >= 15 is 0 Å². The maximum Gasteiger partial charge on any atom is 0.189 e. The number of fused-ring (bicyclic) bond motifs is 3. The van der Waals surface area contributed by atoms with Gasteiger partial charge in [-0.25, -0.2) is 0 Å². The van der Waals surface area contributed by atoms with Gasteiger partial charge in [-0.1, -0.05) is 48.0 Å². The van der Waals surface area contributed by atoms with Gasteiger partial charge in [0.25, 0.3) is 0 Å². The summed E-state index contributed by atoms with van der Waals surface area (Å²) in [6, 6.07) is 17.0. The van der Waals surface area contributed by atoms with Crippen LogP contribution < -0.4 is 5.43 Å². The molecular weight excluding hydrogens is 296 g/mol. The minimum absolute atomic E-state index is 0.0191. The van der Waals surface area contributed by atoms with Crippen LogP contribution in [0.5, 0.6) is 0 Å². The molecule has 0 spiro atoms. The van der Waals surface area contributed by atoms with Gasteiger partial charge in [0.05, 0.1) is 5.02 Å². The molecule has 4 rings (SSSR count). The fourth-order valence-corrected chi connectivity index (χ4v) is 3.22. The van der Waals surface area contributed by atoms with Gasteiger partial charge in [-0.2, -0.15) is 0 Å². The summed E-state index contributed by atoms with van der Waals surface area (Å²) in [7, 11) is 0. The molecule has 0 fully saturated rings. The van der Waals surface area contributed by atoms with Crippen molar-refractivity contribution in [2.45, 2.75) is 12.8 Å². The molecule has 2 nitrogen and oxygen atoms in total. The van der Waals surface area contributed by atoms with Crippen molar-refractivity contribution in [3.8, 4) is 22.6 Å². The lowest BCUT2D eigenvalue weighted by atomic mass is 9.89. The summed E-state index contributed by atoms with van der Waals surface area (Å²) in [6.45, 7) is 0. The lowest BCUT2D eigenvalue weighted by Gasteiger charge is -2.18. The summed E-state index contributed by atoms with van der Waals surface area (Å²) >= 11 is 6.23. The van der Waals surface area contributed by atoms with Gasteiger partial charge in [0.15, 0.2) is 5.43 Å². The predicted molar refractivity (Wildman–Crippen MR) is 88.3 cm³/mol. The van der Waals surface area contributed by atoms with Crippen LogP contribution in [0, 0.1) is 0 Å².